The number of amides is 1. The summed E-state index contributed by atoms with van der Waals surface area (Å²) in [6.07, 6.45) is 2.60. The van der Waals surface area contributed by atoms with Gasteiger partial charge in [0.05, 0.1) is 0 Å². The summed E-state index contributed by atoms with van der Waals surface area (Å²) < 4.78 is 3.27. The first kappa shape index (κ1) is 16.9. The van der Waals surface area contributed by atoms with Crippen LogP contribution in [0.15, 0.2) is 52.2 Å². The third-order valence-electron chi connectivity index (χ3n) is 5.97. The fourth-order valence-corrected chi connectivity index (χ4v) is 4.68. The molecule has 0 aromatic carbocycles. The van der Waals surface area contributed by atoms with Crippen molar-refractivity contribution in [3.63, 3.8) is 0 Å². The van der Waals surface area contributed by atoms with E-state index in [0.29, 0.717) is 25.3 Å². The zero-order chi connectivity index (χ0) is 19.4. The molecule has 0 N–H and O–H groups in total. The maximum absolute atomic E-state index is 13.3. The summed E-state index contributed by atoms with van der Waals surface area (Å²) in [5.41, 5.74) is 1.41. The van der Waals surface area contributed by atoms with Crippen LogP contribution in [0.5, 0.6) is 0 Å². The second-order valence-corrected chi connectivity index (χ2v) is 7.75. The zero-order valence-corrected chi connectivity index (χ0v) is 15.5. The minimum absolute atomic E-state index is 0.0166. The van der Waals surface area contributed by atoms with Crippen LogP contribution in [0.1, 0.15) is 28.4 Å². The quantitative estimate of drug-likeness (QED) is 0.642. The number of carbonyl (C=O) groups is 1. The Hall–Kier alpha value is -3.22. The first-order valence-electron chi connectivity index (χ1n) is 9.46. The average Bonchev–Trinajstić information content (AvgIpc) is 2.71. The first-order chi connectivity index (χ1) is 13.5. The molecule has 0 spiro atoms. The highest BCUT2D eigenvalue weighted by Gasteiger charge is 2.37. The van der Waals surface area contributed by atoms with Crippen LogP contribution < -0.4 is 11.1 Å². The molecule has 2 aliphatic heterocycles. The lowest BCUT2D eigenvalue weighted by Crippen LogP contribution is -2.50. The molecule has 3 aromatic rings. The second-order valence-electron chi connectivity index (χ2n) is 7.75. The van der Waals surface area contributed by atoms with Crippen molar-refractivity contribution in [3.8, 4) is 0 Å². The van der Waals surface area contributed by atoms with Crippen LogP contribution in [-0.2, 0) is 13.6 Å². The second kappa shape index (κ2) is 6.15. The number of hydrogen-bond donors (Lipinski definition) is 0. The normalized spacial score (nSPS) is 20.8. The Morgan fingerprint density at radius 1 is 1.11 bits per heavy atom. The van der Waals surface area contributed by atoms with E-state index in [2.05, 4.69) is 4.98 Å². The summed E-state index contributed by atoms with van der Waals surface area (Å²) in [7, 11) is 1.64. The van der Waals surface area contributed by atoms with Crippen molar-refractivity contribution in [3.05, 3.63) is 74.6 Å². The molecule has 2 aliphatic rings. The van der Waals surface area contributed by atoms with E-state index < -0.39 is 0 Å². The fraction of sp³-hybridized carbons (Fsp3) is 0.333. The Kier molecular flexibility index (Phi) is 3.72. The van der Waals surface area contributed by atoms with Gasteiger partial charge in [-0.1, -0.05) is 6.07 Å². The molecular weight excluding hydrogens is 356 g/mol. The topological polar surface area (TPSA) is 77.2 Å². The highest BCUT2D eigenvalue weighted by molar-refractivity contribution is 5.97. The number of likely N-dealkylation sites (tertiary alicyclic amines) is 1. The van der Waals surface area contributed by atoms with E-state index in [0.717, 1.165) is 17.5 Å². The number of aryl methyl sites for hydroxylation is 1. The molecule has 5 heterocycles. The van der Waals surface area contributed by atoms with Crippen molar-refractivity contribution in [2.45, 2.75) is 18.9 Å². The number of aromatic nitrogens is 3. The van der Waals surface area contributed by atoms with Gasteiger partial charge in [-0.2, -0.15) is 0 Å². The van der Waals surface area contributed by atoms with Crippen molar-refractivity contribution < 1.29 is 4.79 Å². The van der Waals surface area contributed by atoms with Gasteiger partial charge < -0.3 is 9.47 Å². The molecule has 1 fully saturated rings. The molecule has 7 nitrogen and oxygen atoms in total. The number of fused-ring (bicyclic) bond motifs is 5. The van der Waals surface area contributed by atoms with Crippen LogP contribution in [0.2, 0.25) is 0 Å². The Labute approximate surface area is 160 Å². The average molecular weight is 376 g/mol. The molecule has 0 radical (unpaired) electrons. The minimum atomic E-state index is -0.330. The van der Waals surface area contributed by atoms with Gasteiger partial charge in [-0.3, -0.25) is 19.0 Å². The van der Waals surface area contributed by atoms with Crippen molar-refractivity contribution >= 4 is 16.9 Å². The number of hydrogen-bond acceptors (Lipinski definition) is 4. The third kappa shape index (κ3) is 2.50. The molecule has 3 aromatic heterocycles. The third-order valence-corrected chi connectivity index (χ3v) is 5.97. The number of nitrogens with zero attached hydrogens (tertiary/aromatic N) is 4. The zero-order valence-electron chi connectivity index (χ0n) is 15.5. The van der Waals surface area contributed by atoms with Crippen LogP contribution >= 0.6 is 0 Å². The van der Waals surface area contributed by atoms with Gasteiger partial charge >= 0.3 is 0 Å². The first-order valence-corrected chi connectivity index (χ1v) is 9.46. The molecule has 1 saturated heterocycles. The predicted octanol–water partition coefficient (Wildman–Crippen LogP) is 1.35. The van der Waals surface area contributed by atoms with Crippen LogP contribution in [0, 0.1) is 5.92 Å². The number of carbonyl (C=O) groups excluding carboxylic acids is 1. The fourth-order valence-electron chi connectivity index (χ4n) is 4.68. The van der Waals surface area contributed by atoms with Crippen LogP contribution in [0.25, 0.3) is 11.0 Å². The van der Waals surface area contributed by atoms with E-state index in [4.69, 9.17) is 0 Å². The van der Waals surface area contributed by atoms with Crippen LogP contribution in [-0.4, -0.2) is 38.0 Å². The molecule has 2 bridgehead atoms. The molecule has 0 saturated carbocycles. The summed E-state index contributed by atoms with van der Waals surface area (Å²) in [6.45, 7) is 1.70. The van der Waals surface area contributed by atoms with E-state index in [1.807, 2.05) is 16.7 Å². The molecular formula is C21H20N4O3. The smallest absolute Gasteiger partial charge is 0.264 e. The van der Waals surface area contributed by atoms with Crippen molar-refractivity contribution in [2.24, 2.45) is 13.0 Å². The number of rotatable bonds is 1. The van der Waals surface area contributed by atoms with Gasteiger partial charge in [0.1, 0.15) is 11.2 Å². The van der Waals surface area contributed by atoms with E-state index in [1.165, 1.54) is 4.57 Å². The lowest BCUT2D eigenvalue weighted by molar-refractivity contribution is 0.0592. The molecule has 5 rings (SSSR count). The van der Waals surface area contributed by atoms with Gasteiger partial charge in [0.15, 0.2) is 0 Å². The highest BCUT2D eigenvalue weighted by atomic mass is 16.2. The van der Waals surface area contributed by atoms with Gasteiger partial charge in [-0.25, -0.2) is 4.98 Å². The molecule has 0 aliphatic carbocycles. The number of piperidine rings is 1. The lowest BCUT2D eigenvalue weighted by atomic mass is 9.83. The van der Waals surface area contributed by atoms with Gasteiger partial charge in [0.2, 0.25) is 0 Å². The highest BCUT2D eigenvalue weighted by Crippen LogP contribution is 2.35. The molecule has 2 unspecified atom stereocenters. The van der Waals surface area contributed by atoms with E-state index in [1.54, 1.807) is 42.4 Å². The Morgan fingerprint density at radius 2 is 1.96 bits per heavy atom. The molecule has 7 heteroatoms. The Bertz CT molecular complexity index is 1230. The molecule has 2 atom stereocenters. The lowest BCUT2D eigenvalue weighted by Gasteiger charge is -2.42. The van der Waals surface area contributed by atoms with Crippen molar-refractivity contribution in [1.82, 2.24) is 19.0 Å². The van der Waals surface area contributed by atoms with E-state index >= 15 is 0 Å². The summed E-state index contributed by atoms with van der Waals surface area (Å²) in [6, 6.07) is 10.6. The van der Waals surface area contributed by atoms with Gasteiger partial charge in [-0.15, -0.1) is 0 Å². The molecule has 1 amide bonds. The standard InChI is InChI=1S/C21H20N4O3/c1-23-19-14(4-3-7-22-19)9-16(20(23)27)21(28)24-10-13-8-15(12-24)17-5-2-6-18(26)25(17)11-13/h2-7,9,13,15H,8,10-12H2,1H3. The van der Waals surface area contributed by atoms with Gasteiger partial charge in [0, 0.05) is 55.9 Å². The van der Waals surface area contributed by atoms with Crippen molar-refractivity contribution in [1.29, 1.82) is 0 Å². The summed E-state index contributed by atoms with van der Waals surface area (Å²) in [4.78, 5) is 44.2. The summed E-state index contributed by atoms with van der Waals surface area (Å²) >= 11 is 0. The van der Waals surface area contributed by atoms with Crippen molar-refractivity contribution in [2.75, 3.05) is 13.1 Å². The van der Waals surface area contributed by atoms with E-state index in [-0.39, 0.29) is 34.4 Å². The van der Waals surface area contributed by atoms with Crippen LogP contribution in [0.3, 0.4) is 0 Å². The molecule has 28 heavy (non-hydrogen) atoms. The predicted molar refractivity (Wildman–Crippen MR) is 104 cm³/mol. The largest absolute Gasteiger partial charge is 0.337 e. The van der Waals surface area contributed by atoms with Gasteiger partial charge in [0.25, 0.3) is 17.0 Å². The minimum Gasteiger partial charge on any atom is -0.337 e. The maximum Gasteiger partial charge on any atom is 0.264 e. The van der Waals surface area contributed by atoms with E-state index in [9.17, 15) is 14.4 Å². The maximum atomic E-state index is 13.3. The molecule has 142 valence electrons. The number of pyridine rings is 3. The van der Waals surface area contributed by atoms with Gasteiger partial charge in [-0.05, 0) is 36.6 Å². The Morgan fingerprint density at radius 3 is 2.82 bits per heavy atom. The Balaban J connectivity index is 1.53. The summed E-state index contributed by atoms with van der Waals surface area (Å²) in [5, 5.41) is 0.766. The summed E-state index contributed by atoms with van der Waals surface area (Å²) in [5.74, 6) is 0.102. The SMILES string of the molecule is Cn1c(=O)c(C(=O)N2CC3CC(C2)c2cccc(=O)n2C3)cc2cccnc21. The van der Waals surface area contributed by atoms with Crippen LogP contribution in [0.4, 0.5) is 0 Å². The monoisotopic (exact) mass is 376 g/mol.